The van der Waals surface area contributed by atoms with Gasteiger partial charge in [-0.05, 0) is 43.7 Å². The Morgan fingerprint density at radius 2 is 1.66 bits per heavy atom. The van der Waals surface area contributed by atoms with Crippen LogP contribution in [-0.4, -0.2) is 39.4 Å². The first-order chi connectivity index (χ1) is 18.0. The molecule has 0 saturated heterocycles. The van der Waals surface area contributed by atoms with Crippen LogP contribution in [0.5, 0.6) is 0 Å². The molecule has 4 rings (SSSR count). The summed E-state index contributed by atoms with van der Waals surface area (Å²) in [6.45, 7) is 12.1. The van der Waals surface area contributed by atoms with E-state index in [1.807, 2.05) is 54.9 Å². The van der Waals surface area contributed by atoms with Crippen LogP contribution < -0.4 is 15.8 Å². The van der Waals surface area contributed by atoms with E-state index in [9.17, 15) is 9.59 Å². The second-order valence-corrected chi connectivity index (χ2v) is 15.2. The molecule has 2 aromatic carbocycles. The predicted molar refractivity (Wildman–Crippen MR) is 153 cm³/mol. The molecule has 4 aromatic rings. The summed E-state index contributed by atoms with van der Waals surface area (Å²) in [5, 5.41) is 6.75. The molecule has 0 spiro atoms. The lowest BCUT2D eigenvalue weighted by Gasteiger charge is -2.19. The Balaban J connectivity index is 1.59. The number of rotatable bonds is 5. The molecule has 8 nitrogen and oxygen atoms in total. The van der Waals surface area contributed by atoms with Crippen molar-refractivity contribution in [3.05, 3.63) is 89.3 Å². The Morgan fingerprint density at radius 1 is 0.921 bits per heavy atom. The van der Waals surface area contributed by atoms with Crippen molar-refractivity contribution in [2.45, 2.75) is 40.4 Å². The molecule has 0 unspecified atom stereocenters. The predicted octanol–water partition coefficient (Wildman–Crippen LogP) is 4.43. The lowest BCUT2D eigenvalue weighted by molar-refractivity contribution is -0.114. The summed E-state index contributed by atoms with van der Waals surface area (Å²) in [6, 6.07) is 11.7. The lowest BCUT2D eigenvalue weighted by atomic mass is 10.1. The topological polar surface area (TPSA) is 102 Å². The zero-order valence-corrected chi connectivity index (χ0v) is 23.4. The summed E-state index contributed by atoms with van der Waals surface area (Å²) in [5.41, 5.74) is 5.44. The van der Waals surface area contributed by atoms with E-state index in [2.05, 4.69) is 63.1 Å². The highest BCUT2D eigenvalue weighted by Crippen LogP contribution is 2.18. The zero-order valence-electron chi connectivity index (χ0n) is 22.4. The molecule has 0 bridgehead atoms. The van der Waals surface area contributed by atoms with Gasteiger partial charge in [-0.25, -0.2) is 15.0 Å². The fourth-order valence-corrected chi connectivity index (χ4v) is 4.85. The van der Waals surface area contributed by atoms with Gasteiger partial charge < -0.3 is 9.88 Å². The van der Waals surface area contributed by atoms with Gasteiger partial charge in [0.1, 0.15) is 0 Å². The van der Waals surface area contributed by atoms with Crippen LogP contribution in [0.15, 0.2) is 61.3 Å². The van der Waals surface area contributed by atoms with E-state index in [4.69, 9.17) is 0 Å². The van der Waals surface area contributed by atoms with Gasteiger partial charge in [-0.1, -0.05) is 48.8 Å². The second kappa shape index (κ2) is 10.8. The Labute approximate surface area is 223 Å². The maximum atomic E-state index is 13.4. The van der Waals surface area contributed by atoms with Gasteiger partial charge in [0.25, 0.3) is 5.91 Å². The number of imidazole rings is 1. The SMILES string of the molecule is CC(=O)Nc1ncc(C#Cc2cc(NC(=O)c3cc(-n4cnc(C)c4)cc([Si](C)(C)C)c3)ccc2C)cn1. The van der Waals surface area contributed by atoms with Crippen molar-refractivity contribution < 1.29 is 9.59 Å². The maximum absolute atomic E-state index is 13.4. The third-order valence-electron chi connectivity index (χ3n) is 5.83. The van der Waals surface area contributed by atoms with Crippen LogP contribution in [0, 0.1) is 25.7 Å². The third kappa shape index (κ3) is 6.60. The molecule has 0 aliphatic rings. The number of hydrogen-bond donors (Lipinski definition) is 2. The average Bonchev–Trinajstić information content (AvgIpc) is 3.30. The molecular weight excluding hydrogens is 492 g/mol. The van der Waals surface area contributed by atoms with Crippen molar-refractivity contribution in [2.75, 3.05) is 10.6 Å². The zero-order chi connectivity index (χ0) is 27.4. The monoisotopic (exact) mass is 522 g/mol. The standard InChI is InChI=1S/C29H30N6O2Si/c1-19-7-10-25(11-23(19)9-8-22-15-30-29(31-16-22)33-21(3)36)34-28(37)24-12-26(35-17-20(2)32-18-35)14-27(13-24)38(4,5)6/h7,10-18H,1-6H3,(H,34,37)(H,30,31,33,36). The van der Waals surface area contributed by atoms with Crippen LogP contribution in [0.25, 0.3) is 5.69 Å². The highest BCUT2D eigenvalue weighted by molar-refractivity contribution is 6.88. The molecular formula is C29H30N6O2Si. The summed E-state index contributed by atoms with van der Waals surface area (Å²) in [4.78, 5) is 37.0. The number of nitrogens with one attached hydrogen (secondary N) is 2. The summed E-state index contributed by atoms with van der Waals surface area (Å²) in [6.07, 6.45) is 6.83. The van der Waals surface area contributed by atoms with Crippen molar-refractivity contribution in [3.8, 4) is 17.5 Å². The molecule has 38 heavy (non-hydrogen) atoms. The van der Waals surface area contributed by atoms with E-state index in [1.165, 1.54) is 12.1 Å². The number of aryl methyl sites for hydroxylation is 2. The number of aromatic nitrogens is 4. The summed E-state index contributed by atoms with van der Waals surface area (Å²) in [5.74, 6) is 5.98. The van der Waals surface area contributed by atoms with E-state index in [0.29, 0.717) is 16.8 Å². The largest absolute Gasteiger partial charge is 0.322 e. The van der Waals surface area contributed by atoms with Crippen molar-refractivity contribution in [1.82, 2.24) is 19.5 Å². The number of carbonyl (C=O) groups is 2. The van der Waals surface area contributed by atoms with E-state index in [-0.39, 0.29) is 17.8 Å². The Kier molecular flexibility index (Phi) is 7.55. The smallest absolute Gasteiger partial charge is 0.255 e. The van der Waals surface area contributed by atoms with Crippen LogP contribution in [-0.2, 0) is 4.79 Å². The summed E-state index contributed by atoms with van der Waals surface area (Å²) >= 11 is 0. The van der Waals surface area contributed by atoms with Gasteiger partial charge >= 0.3 is 0 Å². The molecule has 192 valence electrons. The maximum Gasteiger partial charge on any atom is 0.255 e. The van der Waals surface area contributed by atoms with Crippen LogP contribution in [0.1, 0.15) is 39.7 Å². The molecule has 0 radical (unpaired) electrons. The number of hydrogen-bond acceptors (Lipinski definition) is 5. The van der Waals surface area contributed by atoms with Gasteiger partial charge in [0.15, 0.2) is 0 Å². The van der Waals surface area contributed by atoms with Gasteiger partial charge in [0.05, 0.1) is 25.7 Å². The van der Waals surface area contributed by atoms with Crippen molar-refractivity contribution in [1.29, 1.82) is 0 Å². The van der Waals surface area contributed by atoms with E-state index in [0.717, 1.165) is 22.5 Å². The fourth-order valence-electron chi connectivity index (χ4n) is 3.68. The molecule has 2 N–H and O–H groups in total. The minimum atomic E-state index is -1.69. The quantitative estimate of drug-likeness (QED) is 0.298. The highest BCUT2D eigenvalue weighted by Gasteiger charge is 2.20. The first-order valence-electron chi connectivity index (χ1n) is 12.2. The van der Waals surface area contributed by atoms with Crippen LogP contribution >= 0.6 is 0 Å². The molecule has 9 heteroatoms. The molecule has 0 aliphatic heterocycles. The van der Waals surface area contributed by atoms with Crippen LogP contribution in [0.4, 0.5) is 11.6 Å². The van der Waals surface area contributed by atoms with Gasteiger partial charge in [-0.2, -0.15) is 0 Å². The van der Waals surface area contributed by atoms with Gasteiger partial charge in [0.2, 0.25) is 11.9 Å². The van der Waals surface area contributed by atoms with Gasteiger partial charge in [-0.15, -0.1) is 0 Å². The fraction of sp³-hybridized carbons (Fsp3) is 0.207. The summed E-state index contributed by atoms with van der Waals surface area (Å²) < 4.78 is 1.95. The first kappa shape index (κ1) is 26.5. The molecule has 0 aliphatic carbocycles. The molecule has 0 atom stereocenters. The first-order valence-corrected chi connectivity index (χ1v) is 15.7. The third-order valence-corrected chi connectivity index (χ3v) is 7.85. The number of amides is 2. The highest BCUT2D eigenvalue weighted by atomic mass is 28.3. The second-order valence-electron chi connectivity index (χ2n) is 10.2. The number of nitrogens with zero attached hydrogens (tertiary/aromatic N) is 4. The Morgan fingerprint density at radius 3 is 2.29 bits per heavy atom. The number of benzene rings is 2. The van der Waals surface area contributed by atoms with Gasteiger partial charge in [0, 0.05) is 48.0 Å². The lowest BCUT2D eigenvalue weighted by Crippen LogP contribution is -2.38. The normalized spacial score (nSPS) is 10.9. The van der Waals surface area contributed by atoms with Crippen molar-refractivity contribution in [3.63, 3.8) is 0 Å². The van der Waals surface area contributed by atoms with Crippen LogP contribution in [0.2, 0.25) is 19.6 Å². The average molecular weight is 523 g/mol. The number of anilines is 2. The van der Waals surface area contributed by atoms with Gasteiger partial charge in [-0.3, -0.25) is 14.9 Å². The Hall–Kier alpha value is -4.55. The molecule has 2 heterocycles. The van der Waals surface area contributed by atoms with Crippen LogP contribution in [0.3, 0.4) is 0 Å². The summed E-state index contributed by atoms with van der Waals surface area (Å²) in [7, 11) is -1.69. The van der Waals surface area contributed by atoms with E-state index in [1.54, 1.807) is 18.7 Å². The van der Waals surface area contributed by atoms with Crippen molar-refractivity contribution >= 4 is 36.7 Å². The minimum Gasteiger partial charge on any atom is -0.322 e. The molecule has 2 amide bonds. The number of carbonyl (C=O) groups excluding carboxylic acids is 2. The Bertz CT molecular complexity index is 1570. The molecule has 0 fully saturated rings. The molecule has 0 saturated carbocycles. The van der Waals surface area contributed by atoms with Crippen molar-refractivity contribution in [2.24, 2.45) is 0 Å². The molecule has 2 aromatic heterocycles. The van der Waals surface area contributed by atoms with E-state index >= 15 is 0 Å². The minimum absolute atomic E-state index is 0.187. The van der Waals surface area contributed by atoms with E-state index < -0.39 is 8.07 Å².